The summed E-state index contributed by atoms with van der Waals surface area (Å²) in [6.45, 7) is 22.0. The van der Waals surface area contributed by atoms with Gasteiger partial charge in [0.25, 0.3) is 0 Å². The minimum atomic E-state index is 0.251. The third-order valence-corrected chi connectivity index (χ3v) is 13.6. The fourth-order valence-corrected chi connectivity index (χ4v) is 10.4. The van der Waals surface area contributed by atoms with Gasteiger partial charge in [-0.3, -0.25) is 0 Å². The Labute approximate surface area is 394 Å². The Hall–Kier alpha value is -7.30. The van der Waals surface area contributed by atoms with Crippen LogP contribution in [0.3, 0.4) is 0 Å². The number of para-hydroxylation sites is 4. The normalized spacial score (nSPS) is 12.5. The molecule has 0 N–H and O–H groups in total. The molecule has 67 heavy (non-hydrogen) atoms. The number of hydrogen-bond acceptors (Lipinski definition) is 4. The van der Waals surface area contributed by atoms with Crippen LogP contribution in [0.2, 0.25) is 0 Å². The molecule has 0 saturated heterocycles. The Balaban J connectivity index is 0.00000259. The Kier molecular flexibility index (Phi) is 11.4. The number of hydrogen-bond donors (Lipinski definition) is 0. The number of allylic oxidation sites excluding steroid dienone is 3. The van der Waals surface area contributed by atoms with Gasteiger partial charge in [-0.1, -0.05) is 165 Å². The zero-order chi connectivity index (χ0) is 46.7. The van der Waals surface area contributed by atoms with E-state index >= 15 is 0 Å². The molecule has 0 atom stereocenters. The van der Waals surface area contributed by atoms with Gasteiger partial charge in [-0.05, 0) is 124 Å². The van der Waals surface area contributed by atoms with Crippen LogP contribution >= 0.6 is 0 Å². The van der Waals surface area contributed by atoms with E-state index in [1.165, 1.54) is 49.0 Å². The van der Waals surface area contributed by atoms with Gasteiger partial charge in [0.15, 0.2) is 11.2 Å². The number of benzene rings is 9. The Morgan fingerprint density at radius 1 is 0.448 bits per heavy atom. The molecule has 0 fully saturated rings. The number of furan rings is 2. The second-order valence-electron chi connectivity index (χ2n) is 18.5. The third kappa shape index (κ3) is 7.04. The molecular weight excluding hydrogens is 817 g/mol. The molecule has 0 unspecified atom stereocenters. The van der Waals surface area contributed by atoms with Gasteiger partial charge < -0.3 is 18.6 Å². The maximum Gasteiger partial charge on any atom is 0.159 e. The Morgan fingerprint density at radius 2 is 0.925 bits per heavy atom. The van der Waals surface area contributed by atoms with Crippen LogP contribution in [0.4, 0.5) is 28.4 Å². The molecule has 4 nitrogen and oxygen atoms in total. The van der Waals surface area contributed by atoms with E-state index in [0.717, 1.165) is 78.0 Å². The van der Waals surface area contributed by atoms with Crippen molar-refractivity contribution in [2.24, 2.45) is 0 Å². The molecule has 0 aliphatic heterocycles. The van der Waals surface area contributed by atoms with Gasteiger partial charge in [0.1, 0.15) is 11.2 Å². The van der Waals surface area contributed by atoms with Gasteiger partial charge in [0.2, 0.25) is 0 Å². The van der Waals surface area contributed by atoms with Crippen molar-refractivity contribution < 1.29 is 8.83 Å². The van der Waals surface area contributed by atoms with Crippen LogP contribution in [0.5, 0.6) is 0 Å². The summed E-state index contributed by atoms with van der Waals surface area (Å²) in [4.78, 5) is 4.88. The number of anilines is 5. The van der Waals surface area contributed by atoms with E-state index in [9.17, 15) is 0 Å². The first-order valence-electron chi connectivity index (χ1n) is 24.2. The molecule has 0 aliphatic carbocycles. The summed E-state index contributed by atoms with van der Waals surface area (Å²) < 4.78 is 13.6. The van der Waals surface area contributed by atoms with Gasteiger partial charge in [-0.25, -0.2) is 0 Å². The predicted octanol–water partition coefficient (Wildman–Crippen LogP) is 19.9. The maximum atomic E-state index is 6.84. The molecule has 9 aromatic carbocycles. The monoisotopic (exact) mass is 876 g/mol. The standard InChI is InChI=1S/C61H54N2O2.C2H6/c1-9-17-40(10-2)62(52-22-15-20-46-42-18-11-13-24-56(42)64-60(46)52)54-34-50(37(5)6)44-31-33-49-55(35-51(38(7)8)45-30-32-48(54)58(44)59(45)49)63(41-28-26-39(27-29-41)36(3)4)53-23-16-21-47-43-19-12-14-25-57(43)65-61(47)53;1-2/h9-38H,1-8H3;1-2H3/b17-9-,40-10+;. The van der Waals surface area contributed by atoms with Crippen molar-refractivity contribution in [1.82, 2.24) is 0 Å². The van der Waals surface area contributed by atoms with Gasteiger partial charge >= 0.3 is 0 Å². The van der Waals surface area contributed by atoms with Gasteiger partial charge in [-0.15, -0.1) is 0 Å². The summed E-state index contributed by atoms with van der Waals surface area (Å²) in [5, 5.41) is 12.0. The van der Waals surface area contributed by atoms with E-state index in [1.807, 2.05) is 19.9 Å². The smallest absolute Gasteiger partial charge is 0.159 e. The van der Waals surface area contributed by atoms with Crippen LogP contribution in [-0.4, -0.2) is 0 Å². The first-order valence-corrected chi connectivity index (χ1v) is 24.2. The molecule has 0 saturated carbocycles. The van der Waals surface area contributed by atoms with Crippen molar-refractivity contribution in [3.05, 3.63) is 186 Å². The summed E-state index contributed by atoms with van der Waals surface area (Å²) in [6, 6.07) is 53.5. The number of nitrogens with zero attached hydrogens (tertiary/aromatic N) is 2. The fourth-order valence-electron chi connectivity index (χ4n) is 10.4. The van der Waals surface area contributed by atoms with Crippen LogP contribution in [-0.2, 0) is 0 Å². The van der Waals surface area contributed by atoms with E-state index in [2.05, 4.69) is 223 Å². The summed E-state index contributed by atoms with van der Waals surface area (Å²) in [5.74, 6) is 0.918. The van der Waals surface area contributed by atoms with Crippen molar-refractivity contribution in [1.29, 1.82) is 0 Å². The lowest BCUT2D eigenvalue weighted by molar-refractivity contribution is 0.668. The topological polar surface area (TPSA) is 32.8 Å². The fraction of sp³-hybridized carbons (Fsp3) is 0.206. The molecule has 2 aromatic heterocycles. The zero-order valence-corrected chi connectivity index (χ0v) is 40.5. The second kappa shape index (κ2) is 17.5. The molecule has 2 heterocycles. The van der Waals surface area contributed by atoms with Crippen molar-refractivity contribution in [2.45, 2.75) is 87.0 Å². The molecule has 11 rings (SSSR count). The highest BCUT2D eigenvalue weighted by atomic mass is 16.3. The molecule has 0 amide bonds. The first-order chi connectivity index (χ1) is 32.7. The van der Waals surface area contributed by atoms with Crippen LogP contribution in [0.25, 0.3) is 76.2 Å². The van der Waals surface area contributed by atoms with Crippen LogP contribution in [0.15, 0.2) is 178 Å². The summed E-state index contributed by atoms with van der Waals surface area (Å²) >= 11 is 0. The summed E-state index contributed by atoms with van der Waals surface area (Å²) in [7, 11) is 0. The van der Waals surface area contributed by atoms with Gasteiger partial charge in [0, 0.05) is 43.7 Å². The van der Waals surface area contributed by atoms with E-state index in [0.29, 0.717) is 5.92 Å². The molecule has 0 bridgehead atoms. The average molecular weight is 877 g/mol. The zero-order valence-electron chi connectivity index (χ0n) is 40.5. The van der Waals surface area contributed by atoms with Crippen LogP contribution in [0.1, 0.15) is 104 Å². The average Bonchev–Trinajstić information content (AvgIpc) is 3.94. The van der Waals surface area contributed by atoms with E-state index in [1.54, 1.807) is 0 Å². The van der Waals surface area contributed by atoms with Crippen molar-refractivity contribution in [3.8, 4) is 0 Å². The summed E-state index contributed by atoms with van der Waals surface area (Å²) in [6.07, 6.45) is 6.56. The predicted molar refractivity (Wildman–Crippen MR) is 290 cm³/mol. The Morgan fingerprint density at radius 3 is 1.45 bits per heavy atom. The van der Waals surface area contributed by atoms with Crippen LogP contribution < -0.4 is 9.80 Å². The van der Waals surface area contributed by atoms with E-state index in [-0.39, 0.29) is 11.8 Å². The summed E-state index contributed by atoms with van der Waals surface area (Å²) in [5.41, 5.74) is 13.9. The minimum Gasteiger partial charge on any atom is -0.454 e. The first kappa shape index (κ1) is 43.6. The lowest BCUT2D eigenvalue weighted by Gasteiger charge is -2.32. The van der Waals surface area contributed by atoms with Crippen molar-refractivity contribution in [3.63, 3.8) is 0 Å². The highest BCUT2D eigenvalue weighted by molar-refractivity contribution is 6.30. The third-order valence-electron chi connectivity index (χ3n) is 13.6. The second-order valence-corrected chi connectivity index (χ2v) is 18.5. The van der Waals surface area contributed by atoms with Gasteiger partial charge in [-0.2, -0.15) is 0 Å². The highest BCUT2D eigenvalue weighted by Gasteiger charge is 2.28. The lowest BCUT2D eigenvalue weighted by atomic mass is 9.84. The molecular formula is C63H60N2O2. The van der Waals surface area contributed by atoms with Crippen molar-refractivity contribution >= 4 is 105 Å². The highest BCUT2D eigenvalue weighted by Crippen LogP contribution is 2.52. The largest absolute Gasteiger partial charge is 0.454 e. The maximum absolute atomic E-state index is 6.84. The quantitative estimate of drug-likeness (QED) is 0.101. The minimum absolute atomic E-state index is 0.251. The SMILES string of the molecule is C/C=C\C(=C/C)N(c1cc(C(C)C)c2ccc3c(N(c4ccc(C(C)C)cc4)c4cccc5c4oc4ccccc45)cc(C(C)C)c4ccc1c2c43)c1cccc2c1oc1ccccc12.CC. The molecule has 0 spiro atoms. The van der Waals surface area contributed by atoms with E-state index in [4.69, 9.17) is 8.83 Å². The molecule has 0 radical (unpaired) electrons. The van der Waals surface area contributed by atoms with E-state index < -0.39 is 0 Å². The van der Waals surface area contributed by atoms with Gasteiger partial charge in [0.05, 0.1) is 22.7 Å². The lowest BCUT2D eigenvalue weighted by Crippen LogP contribution is -2.17. The van der Waals surface area contributed by atoms with Crippen LogP contribution in [0, 0.1) is 0 Å². The molecule has 4 heteroatoms. The molecule has 0 aliphatic rings. The Bertz CT molecular complexity index is 3670. The molecule has 334 valence electrons. The number of fused-ring (bicyclic) bond motifs is 6. The molecule has 11 aromatic rings. The van der Waals surface area contributed by atoms with Crippen molar-refractivity contribution in [2.75, 3.05) is 9.80 Å². The number of rotatable bonds is 10.